The third kappa shape index (κ3) is 2.24. The number of nitrogens with zero attached hydrogens (tertiary/aromatic N) is 1. The molecule has 0 amide bonds. The fraction of sp³-hybridized carbons (Fsp3) is 1.00. The first-order valence-corrected chi connectivity index (χ1v) is 5.58. The van der Waals surface area contributed by atoms with Gasteiger partial charge in [-0.25, -0.2) is 4.39 Å². The van der Waals surface area contributed by atoms with E-state index in [1.807, 2.05) is 0 Å². The van der Waals surface area contributed by atoms with E-state index in [-0.39, 0.29) is 6.04 Å². The highest BCUT2D eigenvalue weighted by Crippen LogP contribution is 2.22. The molecule has 1 unspecified atom stereocenters. The minimum absolute atomic E-state index is 0.283. The number of halogens is 1. The summed E-state index contributed by atoms with van der Waals surface area (Å²) in [4.78, 5) is 2.24. The summed E-state index contributed by atoms with van der Waals surface area (Å²) in [6, 6.07) is 0.283. The third-order valence-electron chi connectivity index (χ3n) is 3.40. The Morgan fingerprint density at radius 1 is 1.50 bits per heavy atom. The van der Waals surface area contributed by atoms with E-state index < -0.39 is 6.17 Å². The first-order valence-electron chi connectivity index (χ1n) is 5.58. The second-order valence-corrected chi connectivity index (χ2v) is 4.54. The van der Waals surface area contributed by atoms with Gasteiger partial charge in [0.25, 0.3) is 0 Å². The van der Waals surface area contributed by atoms with Crippen molar-refractivity contribution in [3.8, 4) is 0 Å². The van der Waals surface area contributed by atoms with E-state index in [9.17, 15) is 4.39 Å². The number of hydrogen-bond acceptors (Lipinski definition) is 3. The van der Waals surface area contributed by atoms with Crippen LogP contribution in [0, 0.1) is 5.92 Å². The Morgan fingerprint density at radius 2 is 2.36 bits per heavy atom. The normalized spacial score (nSPS) is 39.4. The minimum atomic E-state index is -0.655. The molecular weight excluding hydrogens is 181 g/mol. The van der Waals surface area contributed by atoms with Crippen molar-refractivity contribution >= 4 is 0 Å². The standard InChI is InChI=1S/C10H20FN3/c11-9-3-10(4-12)14(7-9)6-8-1-2-13-5-8/h8-10,13H,1-7,12H2/t8?,9-,10-/m0/s1. The van der Waals surface area contributed by atoms with Crippen LogP contribution in [0.5, 0.6) is 0 Å². The van der Waals surface area contributed by atoms with Crippen LogP contribution in [0.25, 0.3) is 0 Å². The maximum atomic E-state index is 13.2. The largest absolute Gasteiger partial charge is 0.329 e. The van der Waals surface area contributed by atoms with Gasteiger partial charge in [-0.2, -0.15) is 0 Å². The molecule has 2 aliphatic rings. The molecule has 0 radical (unpaired) electrons. The number of nitrogens with two attached hydrogens (primary N) is 1. The van der Waals surface area contributed by atoms with E-state index in [0.717, 1.165) is 19.6 Å². The van der Waals surface area contributed by atoms with Crippen molar-refractivity contribution in [1.82, 2.24) is 10.2 Å². The van der Waals surface area contributed by atoms with Crippen LogP contribution in [0.2, 0.25) is 0 Å². The Bertz CT molecular complexity index is 182. The Kier molecular flexibility index (Phi) is 3.36. The molecule has 4 heteroatoms. The highest BCUT2D eigenvalue weighted by molar-refractivity contribution is 4.88. The average Bonchev–Trinajstić information content (AvgIpc) is 2.76. The van der Waals surface area contributed by atoms with Crippen LogP contribution in [0.3, 0.4) is 0 Å². The quantitative estimate of drug-likeness (QED) is 0.673. The van der Waals surface area contributed by atoms with Gasteiger partial charge in [0.2, 0.25) is 0 Å². The van der Waals surface area contributed by atoms with Crippen molar-refractivity contribution in [2.24, 2.45) is 11.7 Å². The Hall–Kier alpha value is -0.190. The lowest BCUT2D eigenvalue weighted by molar-refractivity contribution is 0.215. The molecule has 14 heavy (non-hydrogen) atoms. The van der Waals surface area contributed by atoms with Gasteiger partial charge in [0.15, 0.2) is 0 Å². The fourth-order valence-corrected chi connectivity index (χ4v) is 2.59. The topological polar surface area (TPSA) is 41.3 Å². The zero-order valence-electron chi connectivity index (χ0n) is 8.58. The lowest BCUT2D eigenvalue weighted by Gasteiger charge is -2.25. The summed E-state index contributed by atoms with van der Waals surface area (Å²) >= 11 is 0. The van der Waals surface area contributed by atoms with E-state index in [4.69, 9.17) is 5.73 Å². The molecule has 2 rings (SSSR count). The lowest BCUT2D eigenvalue weighted by atomic mass is 10.1. The Morgan fingerprint density at radius 3 is 3.00 bits per heavy atom. The summed E-state index contributed by atoms with van der Waals surface area (Å²) in [5, 5.41) is 3.34. The molecule has 0 aliphatic carbocycles. The van der Waals surface area contributed by atoms with Crippen LogP contribution in [0.4, 0.5) is 4.39 Å². The molecule has 3 nitrogen and oxygen atoms in total. The van der Waals surface area contributed by atoms with Gasteiger partial charge in [0.1, 0.15) is 6.17 Å². The van der Waals surface area contributed by atoms with Gasteiger partial charge in [0, 0.05) is 25.7 Å². The van der Waals surface area contributed by atoms with Crippen molar-refractivity contribution in [3.63, 3.8) is 0 Å². The van der Waals surface area contributed by atoms with Gasteiger partial charge < -0.3 is 11.1 Å². The molecule has 0 spiro atoms. The van der Waals surface area contributed by atoms with Crippen LogP contribution in [0.1, 0.15) is 12.8 Å². The SMILES string of the molecule is NC[C@@H]1C[C@H](F)CN1CC1CCNC1. The predicted molar refractivity (Wildman–Crippen MR) is 54.9 cm³/mol. The summed E-state index contributed by atoms with van der Waals surface area (Å²) in [6.07, 6.45) is 1.21. The molecule has 0 bridgehead atoms. The number of hydrogen-bond donors (Lipinski definition) is 2. The van der Waals surface area contributed by atoms with E-state index in [2.05, 4.69) is 10.2 Å². The summed E-state index contributed by atoms with van der Waals surface area (Å²) in [5.41, 5.74) is 5.64. The van der Waals surface area contributed by atoms with E-state index in [1.165, 1.54) is 6.42 Å². The zero-order chi connectivity index (χ0) is 9.97. The van der Waals surface area contributed by atoms with Crippen LogP contribution >= 0.6 is 0 Å². The van der Waals surface area contributed by atoms with Crippen molar-refractivity contribution in [2.75, 3.05) is 32.7 Å². The summed E-state index contributed by atoms with van der Waals surface area (Å²) in [7, 11) is 0. The van der Waals surface area contributed by atoms with Crippen molar-refractivity contribution in [3.05, 3.63) is 0 Å². The van der Waals surface area contributed by atoms with Gasteiger partial charge >= 0.3 is 0 Å². The molecule has 2 saturated heterocycles. The molecular formula is C10H20FN3. The highest BCUT2D eigenvalue weighted by atomic mass is 19.1. The van der Waals surface area contributed by atoms with Crippen molar-refractivity contribution in [1.29, 1.82) is 0 Å². The van der Waals surface area contributed by atoms with Gasteiger partial charge in [-0.15, -0.1) is 0 Å². The second kappa shape index (κ2) is 4.55. The van der Waals surface area contributed by atoms with Crippen LogP contribution in [-0.2, 0) is 0 Å². The van der Waals surface area contributed by atoms with E-state index >= 15 is 0 Å². The first kappa shape index (κ1) is 10.3. The molecule has 0 aromatic carbocycles. The van der Waals surface area contributed by atoms with Crippen molar-refractivity contribution in [2.45, 2.75) is 25.1 Å². The molecule has 0 aromatic rings. The van der Waals surface area contributed by atoms with Gasteiger partial charge in [-0.1, -0.05) is 0 Å². The number of rotatable bonds is 3. The lowest BCUT2D eigenvalue weighted by Crippen LogP contribution is -2.39. The molecule has 2 heterocycles. The average molecular weight is 201 g/mol. The summed E-state index contributed by atoms with van der Waals surface area (Å²) < 4.78 is 13.2. The van der Waals surface area contributed by atoms with Crippen LogP contribution < -0.4 is 11.1 Å². The summed E-state index contributed by atoms with van der Waals surface area (Å²) in [6.45, 7) is 4.42. The predicted octanol–water partition coefficient (Wildman–Crippen LogP) is -0.0330. The third-order valence-corrected chi connectivity index (χ3v) is 3.40. The van der Waals surface area contributed by atoms with Gasteiger partial charge in [0.05, 0.1) is 0 Å². The first-order chi connectivity index (χ1) is 6.79. The monoisotopic (exact) mass is 201 g/mol. The molecule has 0 aromatic heterocycles. The number of likely N-dealkylation sites (tertiary alicyclic amines) is 1. The Balaban J connectivity index is 1.83. The van der Waals surface area contributed by atoms with E-state index in [0.29, 0.717) is 25.4 Å². The number of nitrogens with one attached hydrogen (secondary N) is 1. The smallest absolute Gasteiger partial charge is 0.114 e. The second-order valence-electron chi connectivity index (χ2n) is 4.54. The maximum absolute atomic E-state index is 13.2. The van der Waals surface area contributed by atoms with Crippen molar-refractivity contribution < 1.29 is 4.39 Å². The molecule has 3 atom stereocenters. The van der Waals surface area contributed by atoms with Gasteiger partial charge in [-0.3, -0.25) is 4.90 Å². The minimum Gasteiger partial charge on any atom is -0.329 e. The maximum Gasteiger partial charge on any atom is 0.114 e. The molecule has 2 fully saturated rings. The summed E-state index contributed by atoms with van der Waals surface area (Å²) in [5.74, 6) is 0.703. The zero-order valence-corrected chi connectivity index (χ0v) is 8.58. The van der Waals surface area contributed by atoms with Crippen LogP contribution in [0.15, 0.2) is 0 Å². The molecule has 3 N–H and O–H groups in total. The fourth-order valence-electron chi connectivity index (χ4n) is 2.59. The highest BCUT2D eigenvalue weighted by Gasteiger charge is 2.32. The Labute approximate surface area is 84.8 Å². The number of alkyl halides is 1. The molecule has 82 valence electrons. The molecule has 0 saturated carbocycles. The molecule has 2 aliphatic heterocycles. The van der Waals surface area contributed by atoms with Gasteiger partial charge in [-0.05, 0) is 31.8 Å². The van der Waals surface area contributed by atoms with E-state index in [1.54, 1.807) is 0 Å². The van der Waals surface area contributed by atoms with Crippen LogP contribution in [-0.4, -0.2) is 49.8 Å².